The maximum atomic E-state index is 7.62. The smallest absolute Gasteiger partial charge is 0.0784 e. The summed E-state index contributed by atoms with van der Waals surface area (Å²) < 4.78 is 10.4. The van der Waals surface area contributed by atoms with E-state index in [0.717, 1.165) is 0 Å². The van der Waals surface area contributed by atoms with Gasteiger partial charge in [-0.15, -0.1) is 13.2 Å². The van der Waals surface area contributed by atoms with Crippen LogP contribution in [0.25, 0.3) is 0 Å². The van der Waals surface area contributed by atoms with Gasteiger partial charge in [0.25, 0.3) is 0 Å². The van der Waals surface area contributed by atoms with Gasteiger partial charge in [-0.2, -0.15) is 0 Å². The van der Waals surface area contributed by atoms with Crippen LogP contribution in [-0.2, 0) is 9.47 Å². The fourth-order valence-corrected chi connectivity index (χ4v) is 0.598. The van der Waals surface area contributed by atoms with Gasteiger partial charge in [0.1, 0.15) is 0 Å². The number of aliphatic hydroxyl groups is 2. The average molecular weight is 218 g/mol. The Hall–Kier alpha value is -0.680. The fourth-order valence-electron chi connectivity index (χ4n) is 0.598. The minimum Gasteiger partial charge on any atom is -0.394 e. The van der Waals surface area contributed by atoms with E-state index in [2.05, 4.69) is 13.2 Å². The summed E-state index contributed by atoms with van der Waals surface area (Å²) in [5.74, 6) is 0. The largest absolute Gasteiger partial charge is 0.394 e. The van der Waals surface area contributed by atoms with Crippen LogP contribution in [0.5, 0.6) is 0 Å². The molecule has 0 aromatic rings. The lowest BCUT2D eigenvalue weighted by atomic mass is 10.4. The zero-order valence-corrected chi connectivity index (χ0v) is 9.39. The van der Waals surface area contributed by atoms with E-state index in [1.54, 1.807) is 12.2 Å². The zero-order chi connectivity index (χ0) is 11.9. The number of hydrogen-bond donors (Lipinski definition) is 2. The SMILES string of the molecule is C=CCOCC(C)OCC=C.OCCO. The molecule has 0 fully saturated rings. The summed E-state index contributed by atoms with van der Waals surface area (Å²) in [4.78, 5) is 0. The van der Waals surface area contributed by atoms with E-state index >= 15 is 0 Å². The number of rotatable bonds is 8. The number of ether oxygens (including phenoxy) is 2. The Morgan fingerprint density at radius 1 is 1.13 bits per heavy atom. The molecule has 0 amide bonds. The van der Waals surface area contributed by atoms with Gasteiger partial charge in [0, 0.05) is 0 Å². The molecule has 15 heavy (non-hydrogen) atoms. The van der Waals surface area contributed by atoms with Gasteiger partial charge in [-0.25, -0.2) is 0 Å². The Kier molecular flexibility index (Phi) is 17.6. The molecule has 0 aliphatic rings. The van der Waals surface area contributed by atoms with Gasteiger partial charge in [0.05, 0.1) is 39.1 Å². The third-order valence-electron chi connectivity index (χ3n) is 1.19. The highest BCUT2D eigenvalue weighted by Crippen LogP contribution is 1.91. The van der Waals surface area contributed by atoms with Crippen LogP contribution in [0.1, 0.15) is 6.92 Å². The second kappa shape index (κ2) is 15.8. The second-order valence-corrected chi connectivity index (χ2v) is 2.71. The highest BCUT2D eigenvalue weighted by molar-refractivity contribution is 4.66. The van der Waals surface area contributed by atoms with Crippen LogP contribution >= 0.6 is 0 Å². The van der Waals surface area contributed by atoms with Crippen molar-refractivity contribution < 1.29 is 19.7 Å². The van der Waals surface area contributed by atoms with E-state index < -0.39 is 0 Å². The van der Waals surface area contributed by atoms with Crippen molar-refractivity contribution >= 4 is 0 Å². The monoisotopic (exact) mass is 218 g/mol. The third kappa shape index (κ3) is 19.7. The van der Waals surface area contributed by atoms with Crippen molar-refractivity contribution in [2.75, 3.05) is 33.0 Å². The molecule has 4 nitrogen and oxygen atoms in total. The molecule has 0 aromatic heterocycles. The Morgan fingerprint density at radius 3 is 2.07 bits per heavy atom. The molecular weight excluding hydrogens is 196 g/mol. The van der Waals surface area contributed by atoms with Gasteiger partial charge in [-0.05, 0) is 6.92 Å². The van der Waals surface area contributed by atoms with Crippen molar-refractivity contribution in [3.05, 3.63) is 25.3 Å². The standard InChI is InChI=1S/C9H16O2.C2H6O2/c1-4-6-10-8-9(3)11-7-5-2;3-1-2-4/h4-5,9H,1-2,6-8H2,3H3;3-4H,1-2H2. The zero-order valence-electron chi connectivity index (χ0n) is 9.39. The van der Waals surface area contributed by atoms with Gasteiger partial charge in [0.2, 0.25) is 0 Å². The van der Waals surface area contributed by atoms with Crippen LogP contribution in [0.15, 0.2) is 25.3 Å². The van der Waals surface area contributed by atoms with Gasteiger partial charge in [-0.3, -0.25) is 0 Å². The maximum absolute atomic E-state index is 7.62. The van der Waals surface area contributed by atoms with Crippen LogP contribution in [0.4, 0.5) is 0 Å². The number of hydrogen-bond acceptors (Lipinski definition) is 4. The lowest BCUT2D eigenvalue weighted by Crippen LogP contribution is -2.15. The molecule has 0 saturated carbocycles. The van der Waals surface area contributed by atoms with Crippen LogP contribution < -0.4 is 0 Å². The Morgan fingerprint density at radius 2 is 1.67 bits per heavy atom. The fraction of sp³-hybridized carbons (Fsp3) is 0.636. The van der Waals surface area contributed by atoms with Gasteiger partial charge in [-0.1, -0.05) is 12.2 Å². The van der Waals surface area contributed by atoms with Crippen molar-refractivity contribution in [2.45, 2.75) is 13.0 Å². The topological polar surface area (TPSA) is 58.9 Å². The minimum atomic E-state index is -0.125. The normalized spacial score (nSPS) is 11.1. The van der Waals surface area contributed by atoms with E-state index in [4.69, 9.17) is 19.7 Å². The molecule has 0 aromatic carbocycles. The first kappa shape index (κ1) is 16.7. The first-order valence-corrected chi connectivity index (χ1v) is 4.85. The first-order valence-electron chi connectivity index (χ1n) is 4.85. The summed E-state index contributed by atoms with van der Waals surface area (Å²) in [7, 11) is 0. The predicted molar refractivity (Wildman–Crippen MR) is 60.8 cm³/mol. The molecule has 0 radical (unpaired) electrons. The van der Waals surface area contributed by atoms with Crippen LogP contribution in [0.3, 0.4) is 0 Å². The lowest BCUT2D eigenvalue weighted by Gasteiger charge is -2.10. The molecule has 90 valence electrons. The Balaban J connectivity index is 0. The van der Waals surface area contributed by atoms with E-state index in [9.17, 15) is 0 Å². The Bertz CT molecular complexity index is 135. The summed E-state index contributed by atoms with van der Waals surface area (Å²) in [5.41, 5.74) is 0. The first-order chi connectivity index (χ1) is 7.22. The molecule has 0 saturated heterocycles. The predicted octanol–water partition coefficient (Wildman–Crippen LogP) is 0.751. The third-order valence-corrected chi connectivity index (χ3v) is 1.19. The Labute approximate surface area is 91.8 Å². The summed E-state index contributed by atoms with van der Waals surface area (Å²) in [6, 6.07) is 0. The molecule has 0 bridgehead atoms. The summed E-state index contributed by atoms with van der Waals surface area (Å²) in [5, 5.41) is 15.2. The molecule has 1 atom stereocenters. The van der Waals surface area contributed by atoms with E-state index in [1.165, 1.54) is 0 Å². The van der Waals surface area contributed by atoms with Crippen molar-refractivity contribution in [2.24, 2.45) is 0 Å². The molecule has 0 aliphatic heterocycles. The molecule has 0 rings (SSSR count). The minimum absolute atomic E-state index is 0.125. The van der Waals surface area contributed by atoms with Gasteiger partial charge >= 0.3 is 0 Å². The second-order valence-electron chi connectivity index (χ2n) is 2.71. The molecule has 0 heterocycles. The lowest BCUT2D eigenvalue weighted by molar-refractivity contribution is 0.0129. The van der Waals surface area contributed by atoms with E-state index in [1.807, 2.05) is 6.92 Å². The van der Waals surface area contributed by atoms with Crippen molar-refractivity contribution in [1.29, 1.82) is 0 Å². The summed E-state index contributed by atoms with van der Waals surface area (Å²) in [6.07, 6.45) is 3.58. The molecular formula is C11H22O4. The van der Waals surface area contributed by atoms with Crippen LogP contribution in [0, 0.1) is 0 Å². The highest BCUT2D eigenvalue weighted by atomic mass is 16.5. The van der Waals surface area contributed by atoms with E-state index in [-0.39, 0.29) is 19.3 Å². The van der Waals surface area contributed by atoms with Crippen molar-refractivity contribution in [3.8, 4) is 0 Å². The van der Waals surface area contributed by atoms with Gasteiger partial charge < -0.3 is 19.7 Å². The molecule has 4 heteroatoms. The maximum Gasteiger partial charge on any atom is 0.0784 e. The van der Waals surface area contributed by atoms with Crippen LogP contribution in [0.2, 0.25) is 0 Å². The van der Waals surface area contributed by atoms with E-state index in [0.29, 0.717) is 19.8 Å². The quantitative estimate of drug-likeness (QED) is 0.466. The molecule has 1 unspecified atom stereocenters. The summed E-state index contributed by atoms with van der Waals surface area (Å²) >= 11 is 0. The average Bonchev–Trinajstić information content (AvgIpc) is 2.27. The van der Waals surface area contributed by atoms with Crippen LogP contribution in [-0.4, -0.2) is 49.4 Å². The van der Waals surface area contributed by atoms with Gasteiger partial charge in [0.15, 0.2) is 0 Å². The van der Waals surface area contributed by atoms with Crippen molar-refractivity contribution in [3.63, 3.8) is 0 Å². The van der Waals surface area contributed by atoms with Crippen molar-refractivity contribution in [1.82, 2.24) is 0 Å². The molecule has 0 aliphatic carbocycles. The highest BCUT2D eigenvalue weighted by Gasteiger charge is 1.98. The summed E-state index contributed by atoms with van der Waals surface area (Å²) in [6.45, 7) is 10.6. The molecule has 2 N–H and O–H groups in total. The molecule has 0 spiro atoms. The number of aliphatic hydroxyl groups excluding tert-OH is 2.